The first-order valence-corrected chi connectivity index (χ1v) is 10.0. The summed E-state index contributed by atoms with van der Waals surface area (Å²) in [5.74, 6) is 1.07. The van der Waals surface area contributed by atoms with Gasteiger partial charge in [-0.1, -0.05) is 49.4 Å². The van der Waals surface area contributed by atoms with Crippen molar-refractivity contribution in [2.45, 2.75) is 19.4 Å². The van der Waals surface area contributed by atoms with Gasteiger partial charge in [-0.05, 0) is 43.3 Å². The number of guanidine groups is 1. The number of rotatable bonds is 9. The van der Waals surface area contributed by atoms with Crippen molar-refractivity contribution < 1.29 is 4.79 Å². The van der Waals surface area contributed by atoms with Gasteiger partial charge >= 0.3 is 0 Å². The van der Waals surface area contributed by atoms with E-state index in [1.165, 1.54) is 5.56 Å². The predicted octanol–water partition coefficient (Wildman–Crippen LogP) is 3.06. The van der Waals surface area contributed by atoms with Crippen LogP contribution >= 0.6 is 24.0 Å². The molecule has 6 nitrogen and oxygen atoms in total. The molecule has 0 aliphatic carbocycles. The molecule has 2 aromatic rings. The highest BCUT2D eigenvalue weighted by atomic mass is 127. The van der Waals surface area contributed by atoms with E-state index in [0.29, 0.717) is 24.6 Å². The number of amides is 1. The van der Waals surface area contributed by atoms with Gasteiger partial charge in [0.15, 0.2) is 5.96 Å². The molecule has 3 N–H and O–H groups in total. The molecule has 0 aliphatic heterocycles. The van der Waals surface area contributed by atoms with Gasteiger partial charge in [0.25, 0.3) is 5.91 Å². The van der Waals surface area contributed by atoms with Crippen molar-refractivity contribution in [2.24, 2.45) is 4.99 Å². The van der Waals surface area contributed by atoms with E-state index in [-0.39, 0.29) is 29.9 Å². The number of carbonyl (C=O) groups excluding carboxylic acids is 1. The summed E-state index contributed by atoms with van der Waals surface area (Å²) in [7, 11) is 5.73. The van der Waals surface area contributed by atoms with Crippen LogP contribution in [0.4, 0.5) is 0 Å². The van der Waals surface area contributed by atoms with E-state index in [1.54, 1.807) is 7.05 Å². The van der Waals surface area contributed by atoms with Gasteiger partial charge in [-0.25, -0.2) is 0 Å². The first-order valence-electron chi connectivity index (χ1n) is 10.0. The molecular weight excluding hydrogens is 489 g/mol. The van der Waals surface area contributed by atoms with E-state index >= 15 is 0 Å². The molecule has 0 fully saturated rings. The van der Waals surface area contributed by atoms with Gasteiger partial charge in [0, 0.05) is 38.8 Å². The molecule has 1 unspecified atom stereocenters. The maximum absolute atomic E-state index is 12.3. The van der Waals surface area contributed by atoms with Crippen molar-refractivity contribution in [3.63, 3.8) is 0 Å². The van der Waals surface area contributed by atoms with Crippen LogP contribution in [0.3, 0.4) is 0 Å². The molecule has 0 spiro atoms. The van der Waals surface area contributed by atoms with Crippen LogP contribution in [0.15, 0.2) is 59.6 Å². The lowest BCUT2D eigenvalue weighted by Crippen LogP contribution is -2.38. The van der Waals surface area contributed by atoms with Gasteiger partial charge in [0.05, 0.1) is 0 Å². The molecule has 30 heavy (non-hydrogen) atoms. The minimum atomic E-state index is -0.0482. The lowest BCUT2D eigenvalue weighted by atomic mass is 10.0. The number of nitrogens with one attached hydrogen (secondary N) is 3. The number of halogens is 1. The van der Waals surface area contributed by atoms with Gasteiger partial charge < -0.3 is 20.9 Å². The van der Waals surface area contributed by atoms with Crippen LogP contribution in [0.2, 0.25) is 0 Å². The standard InChI is InChI=1S/C23H33N5O.HI/c1-18(20-10-6-5-7-11-20)16-26-23(24-2)27-17-19-9-8-12-21(15-19)22(29)25-13-14-28(3)4;/h5-12,15,18H,13-14,16-17H2,1-4H3,(H,25,29)(H2,24,26,27);1H. The average Bonchev–Trinajstić information content (AvgIpc) is 2.74. The third-order valence-electron chi connectivity index (χ3n) is 4.66. The monoisotopic (exact) mass is 523 g/mol. The van der Waals surface area contributed by atoms with Crippen molar-refractivity contribution in [3.8, 4) is 0 Å². The van der Waals surface area contributed by atoms with Crippen LogP contribution in [0.5, 0.6) is 0 Å². The summed E-state index contributed by atoms with van der Waals surface area (Å²) in [5, 5.41) is 9.63. The maximum Gasteiger partial charge on any atom is 0.251 e. The van der Waals surface area contributed by atoms with Crippen molar-refractivity contribution in [1.82, 2.24) is 20.9 Å². The molecule has 0 saturated carbocycles. The Hall–Kier alpha value is -2.13. The lowest BCUT2D eigenvalue weighted by Gasteiger charge is -2.16. The molecule has 0 saturated heterocycles. The van der Waals surface area contributed by atoms with E-state index in [0.717, 1.165) is 24.6 Å². The SMILES string of the molecule is CN=C(NCc1cccc(C(=O)NCCN(C)C)c1)NCC(C)c1ccccc1.I. The molecule has 0 aromatic heterocycles. The zero-order valence-electron chi connectivity index (χ0n) is 18.3. The Bertz CT molecular complexity index is 795. The third kappa shape index (κ3) is 9.13. The molecule has 2 rings (SSSR count). The number of hydrogen-bond acceptors (Lipinski definition) is 3. The highest BCUT2D eigenvalue weighted by molar-refractivity contribution is 14.0. The molecule has 0 heterocycles. The minimum absolute atomic E-state index is 0. The molecule has 0 bridgehead atoms. The average molecular weight is 523 g/mol. The van der Waals surface area contributed by atoms with Crippen molar-refractivity contribution in [2.75, 3.05) is 40.8 Å². The number of aliphatic imine (C=N–C) groups is 1. The Morgan fingerprint density at radius 2 is 1.77 bits per heavy atom. The van der Waals surface area contributed by atoms with E-state index in [4.69, 9.17) is 0 Å². The Labute approximate surface area is 197 Å². The van der Waals surface area contributed by atoms with Crippen LogP contribution in [0, 0.1) is 0 Å². The summed E-state index contributed by atoms with van der Waals surface area (Å²) >= 11 is 0. The fraction of sp³-hybridized carbons (Fsp3) is 0.391. The molecule has 1 atom stereocenters. The zero-order valence-corrected chi connectivity index (χ0v) is 20.6. The quantitative estimate of drug-likeness (QED) is 0.269. The highest BCUT2D eigenvalue weighted by Crippen LogP contribution is 2.13. The molecule has 1 amide bonds. The number of benzene rings is 2. The van der Waals surface area contributed by atoms with E-state index in [1.807, 2.05) is 49.3 Å². The number of nitrogens with zero attached hydrogens (tertiary/aromatic N) is 2. The Balaban J connectivity index is 0.00000450. The lowest BCUT2D eigenvalue weighted by molar-refractivity contribution is 0.0951. The topological polar surface area (TPSA) is 68.8 Å². The molecule has 0 aliphatic rings. The van der Waals surface area contributed by atoms with E-state index in [2.05, 4.69) is 52.1 Å². The first kappa shape index (κ1) is 25.9. The van der Waals surface area contributed by atoms with Gasteiger partial charge in [-0.15, -0.1) is 24.0 Å². The van der Waals surface area contributed by atoms with Gasteiger partial charge in [-0.3, -0.25) is 9.79 Å². The fourth-order valence-electron chi connectivity index (χ4n) is 2.87. The van der Waals surface area contributed by atoms with Crippen molar-refractivity contribution in [1.29, 1.82) is 0 Å². The minimum Gasteiger partial charge on any atom is -0.356 e. The molecule has 7 heteroatoms. The summed E-state index contributed by atoms with van der Waals surface area (Å²) in [6.45, 7) is 5.02. The summed E-state index contributed by atoms with van der Waals surface area (Å²) in [6.07, 6.45) is 0. The van der Waals surface area contributed by atoms with E-state index in [9.17, 15) is 4.79 Å². The second-order valence-electron chi connectivity index (χ2n) is 7.38. The predicted molar refractivity (Wildman–Crippen MR) is 136 cm³/mol. The Morgan fingerprint density at radius 1 is 1.03 bits per heavy atom. The van der Waals surface area contributed by atoms with E-state index < -0.39 is 0 Å². The third-order valence-corrected chi connectivity index (χ3v) is 4.66. The summed E-state index contributed by atoms with van der Waals surface area (Å²) in [5.41, 5.74) is 3.00. The number of likely N-dealkylation sites (N-methyl/N-ethyl adjacent to an activating group) is 1. The van der Waals surface area contributed by atoms with Gasteiger partial charge in [0.2, 0.25) is 0 Å². The largest absolute Gasteiger partial charge is 0.356 e. The first-order chi connectivity index (χ1) is 14.0. The van der Waals surface area contributed by atoms with Crippen molar-refractivity contribution in [3.05, 3.63) is 71.3 Å². The Morgan fingerprint density at radius 3 is 2.43 bits per heavy atom. The zero-order chi connectivity index (χ0) is 21.1. The van der Waals surface area contributed by atoms with Gasteiger partial charge in [-0.2, -0.15) is 0 Å². The maximum atomic E-state index is 12.3. The normalized spacial score (nSPS) is 12.1. The fourth-order valence-corrected chi connectivity index (χ4v) is 2.87. The Kier molecular flexibility index (Phi) is 12.1. The number of hydrogen-bond donors (Lipinski definition) is 3. The van der Waals surface area contributed by atoms with Crippen LogP contribution in [0.1, 0.15) is 34.3 Å². The summed E-state index contributed by atoms with van der Waals surface area (Å²) in [4.78, 5) is 18.6. The van der Waals surface area contributed by atoms with Crippen molar-refractivity contribution >= 4 is 35.8 Å². The smallest absolute Gasteiger partial charge is 0.251 e. The number of carbonyl (C=O) groups is 1. The molecule has 164 valence electrons. The van der Waals surface area contributed by atoms with Crippen LogP contribution in [0.25, 0.3) is 0 Å². The summed E-state index contributed by atoms with van der Waals surface area (Å²) < 4.78 is 0. The highest BCUT2D eigenvalue weighted by Gasteiger charge is 2.08. The van der Waals surface area contributed by atoms with Crippen LogP contribution in [-0.4, -0.2) is 57.5 Å². The van der Waals surface area contributed by atoms with Crippen LogP contribution in [-0.2, 0) is 6.54 Å². The van der Waals surface area contributed by atoms with Gasteiger partial charge in [0.1, 0.15) is 0 Å². The molecule has 2 aromatic carbocycles. The second-order valence-corrected chi connectivity index (χ2v) is 7.38. The second kappa shape index (κ2) is 14.0. The summed E-state index contributed by atoms with van der Waals surface area (Å²) in [6, 6.07) is 18.1. The molecule has 0 radical (unpaired) electrons. The van der Waals surface area contributed by atoms with Crippen LogP contribution < -0.4 is 16.0 Å². The molecular formula is C23H34IN5O.